The van der Waals surface area contributed by atoms with Crippen molar-refractivity contribution in [2.75, 3.05) is 20.4 Å². The zero-order valence-electron chi connectivity index (χ0n) is 20.6. The minimum Gasteiger partial charge on any atom is -0.426 e. The number of likely N-dealkylation sites (tertiary alicyclic amines) is 1. The Morgan fingerprint density at radius 1 is 1.18 bits per heavy atom. The SMILES string of the molecule is CC(=O)NC(C(=O)OCOC(=O)Oc1ccc2c(c1)[C@]13CCCC[C@@H]1[C@H](C2)N(C)CC3)C(C)C. The summed E-state index contributed by atoms with van der Waals surface area (Å²) in [5.41, 5.74) is 2.84. The fourth-order valence-corrected chi connectivity index (χ4v) is 6.31. The van der Waals surface area contributed by atoms with Gasteiger partial charge in [0.1, 0.15) is 11.8 Å². The largest absolute Gasteiger partial charge is 0.516 e. The van der Waals surface area contributed by atoms with E-state index in [0.29, 0.717) is 17.7 Å². The number of fused-ring (bicyclic) bond motifs is 1. The third kappa shape index (κ3) is 4.78. The third-order valence-electron chi connectivity index (χ3n) is 7.94. The maximum absolute atomic E-state index is 12.3. The monoisotopic (exact) mass is 472 g/mol. The number of likely N-dealkylation sites (N-methyl/N-ethyl adjacent to an activating group) is 1. The van der Waals surface area contributed by atoms with E-state index in [2.05, 4.69) is 23.3 Å². The molecule has 8 heteroatoms. The van der Waals surface area contributed by atoms with Crippen LogP contribution in [0.4, 0.5) is 4.79 Å². The molecule has 1 saturated carbocycles. The highest BCUT2D eigenvalue weighted by Gasteiger charge is 2.53. The van der Waals surface area contributed by atoms with Gasteiger partial charge in [-0.25, -0.2) is 9.59 Å². The van der Waals surface area contributed by atoms with Crippen molar-refractivity contribution in [2.24, 2.45) is 11.8 Å². The molecule has 34 heavy (non-hydrogen) atoms. The lowest BCUT2D eigenvalue weighted by atomic mass is 9.52. The highest BCUT2D eigenvalue weighted by molar-refractivity contribution is 5.83. The van der Waals surface area contributed by atoms with Crippen LogP contribution in [0, 0.1) is 11.8 Å². The van der Waals surface area contributed by atoms with Gasteiger partial charge in [0.05, 0.1) is 0 Å². The van der Waals surface area contributed by atoms with Crippen molar-refractivity contribution in [2.45, 2.75) is 76.8 Å². The molecule has 2 fully saturated rings. The van der Waals surface area contributed by atoms with Crippen LogP contribution in [-0.4, -0.2) is 55.4 Å². The van der Waals surface area contributed by atoms with Crippen molar-refractivity contribution in [3.63, 3.8) is 0 Å². The lowest BCUT2D eigenvalue weighted by Gasteiger charge is -2.58. The Labute approximate surface area is 201 Å². The van der Waals surface area contributed by atoms with Gasteiger partial charge in [0.2, 0.25) is 12.7 Å². The van der Waals surface area contributed by atoms with Gasteiger partial charge in [-0.3, -0.25) is 4.79 Å². The summed E-state index contributed by atoms with van der Waals surface area (Å²) in [6.45, 7) is 5.42. The van der Waals surface area contributed by atoms with Crippen molar-refractivity contribution < 1.29 is 28.6 Å². The molecule has 1 saturated heterocycles. The second kappa shape index (κ2) is 9.94. The molecule has 0 radical (unpaired) electrons. The summed E-state index contributed by atoms with van der Waals surface area (Å²) in [5.74, 6) is -0.0675. The predicted octanol–water partition coefficient (Wildman–Crippen LogP) is 3.55. The Morgan fingerprint density at radius 2 is 1.97 bits per heavy atom. The minimum absolute atomic E-state index is 0.164. The molecule has 1 N–H and O–H groups in total. The van der Waals surface area contributed by atoms with Gasteiger partial charge < -0.3 is 24.4 Å². The second-order valence-corrected chi connectivity index (χ2v) is 10.3. The van der Waals surface area contributed by atoms with Crippen LogP contribution in [0.25, 0.3) is 0 Å². The maximum atomic E-state index is 12.3. The number of amides is 1. The van der Waals surface area contributed by atoms with Crippen LogP contribution in [0.2, 0.25) is 0 Å². The summed E-state index contributed by atoms with van der Waals surface area (Å²) < 4.78 is 15.4. The Hall–Kier alpha value is -2.61. The number of nitrogens with one attached hydrogen (secondary N) is 1. The highest BCUT2D eigenvalue weighted by Crippen LogP contribution is 2.55. The van der Waals surface area contributed by atoms with E-state index in [9.17, 15) is 14.4 Å². The van der Waals surface area contributed by atoms with Gasteiger partial charge in [-0.2, -0.15) is 0 Å². The van der Waals surface area contributed by atoms with Crippen LogP contribution in [0.15, 0.2) is 18.2 Å². The lowest BCUT2D eigenvalue weighted by molar-refractivity contribution is -0.157. The number of hydrogen-bond acceptors (Lipinski definition) is 7. The molecule has 2 bridgehead atoms. The molecule has 1 aliphatic heterocycles. The Balaban J connectivity index is 1.39. The van der Waals surface area contributed by atoms with Gasteiger partial charge in [0.25, 0.3) is 0 Å². The summed E-state index contributed by atoms with van der Waals surface area (Å²) in [6.07, 6.45) is 6.20. The van der Waals surface area contributed by atoms with Crippen LogP contribution in [0.5, 0.6) is 5.75 Å². The Morgan fingerprint density at radius 3 is 2.71 bits per heavy atom. The normalized spacial score (nSPS) is 26.6. The van der Waals surface area contributed by atoms with Gasteiger partial charge in [0, 0.05) is 18.4 Å². The summed E-state index contributed by atoms with van der Waals surface area (Å²) in [5, 5.41) is 2.54. The molecular weight excluding hydrogens is 436 g/mol. The number of benzene rings is 1. The first-order chi connectivity index (χ1) is 16.2. The molecule has 1 aromatic rings. The fraction of sp³-hybridized carbons (Fsp3) is 0.654. The number of rotatable bonds is 6. The quantitative estimate of drug-likeness (QED) is 0.384. The first-order valence-corrected chi connectivity index (χ1v) is 12.3. The van der Waals surface area contributed by atoms with Crippen molar-refractivity contribution >= 4 is 18.0 Å². The van der Waals surface area contributed by atoms with E-state index in [1.54, 1.807) is 13.8 Å². The Bertz CT molecular complexity index is 947. The smallest absolute Gasteiger partial charge is 0.426 e. The first-order valence-electron chi connectivity index (χ1n) is 12.3. The van der Waals surface area contributed by atoms with Crippen LogP contribution < -0.4 is 10.1 Å². The zero-order chi connectivity index (χ0) is 24.5. The molecular formula is C26H36N2O6. The van der Waals surface area contributed by atoms with Crippen LogP contribution in [0.1, 0.15) is 64.0 Å². The summed E-state index contributed by atoms with van der Waals surface area (Å²) in [4.78, 5) is 38.3. The van der Waals surface area contributed by atoms with Crippen LogP contribution in [0.3, 0.4) is 0 Å². The summed E-state index contributed by atoms with van der Waals surface area (Å²) >= 11 is 0. The molecule has 186 valence electrons. The highest BCUT2D eigenvalue weighted by atomic mass is 16.8. The average Bonchev–Trinajstić information content (AvgIpc) is 2.79. The molecule has 2 aliphatic carbocycles. The van der Waals surface area contributed by atoms with E-state index < -0.39 is 25.0 Å². The van der Waals surface area contributed by atoms with Crippen molar-refractivity contribution in [1.82, 2.24) is 10.2 Å². The van der Waals surface area contributed by atoms with Gasteiger partial charge in [-0.05, 0) is 74.4 Å². The van der Waals surface area contributed by atoms with Crippen molar-refractivity contribution in [3.8, 4) is 5.75 Å². The van der Waals surface area contributed by atoms with Crippen LogP contribution >= 0.6 is 0 Å². The molecule has 4 atom stereocenters. The van der Waals surface area contributed by atoms with E-state index in [-0.39, 0.29) is 17.2 Å². The van der Waals surface area contributed by atoms with Crippen LogP contribution in [-0.2, 0) is 30.9 Å². The van der Waals surface area contributed by atoms with Crippen molar-refractivity contribution in [1.29, 1.82) is 0 Å². The van der Waals surface area contributed by atoms with E-state index >= 15 is 0 Å². The molecule has 0 spiro atoms. The molecule has 1 aromatic carbocycles. The van der Waals surface area contributed by atoms with Gasteiger partial charge in [0.15, 0.2) is 0 Å². The van der Waals surface area contributed by atoms with Gasteiger partial charge in [-0.1, -0.05) is 32.8 Å². The topological polar surface area (TPSA) is 94.2 Å². The van der Waals surface area contributed by atoms with Crippen molar-refractivity contribution in [3.05, 3.63) is 29.3 Å². The van der Waals surface area contributed by atoms with Gasteiger partial charge in [-0.15, -0.1) is 0 Å². The lowest BCUT2D eigenvalue weighted by Crippen LogP contribution is -2.59. The number of nitrogens with zero attached hydrogens (tertiary/aromatic N) is 1. The standard InChI is InChI=1S/C26H36N2O6/c1-16(2)23(27-17(3)29)24(30)32-15-33-25(31)34-19-9-8-18-13-22-20-7-5-6-10-26(20,21(18)14-19)11-12-28(22)4/h8-9,14,16,20,22-23H,5-7,10-13,15H2,1-4H3,(H,27,29)/t20-,22+,23?,26+/m1/s1. The molecule has 8 nitrogen and oxygen atoms in total. The van der Waals surface area contributed by atoms with E-state index in [1.807, 2.05) is 12.1 Å². The zero-order valence-corrected chi connectivity index (χ0v) is 20.6. The third-order valence-corrected chi connectivity index (χ3v) is 7.94. The maximum Gasteiger partial charge on any atom is 0.516 e. The molecule has 1 unspecified atom stereocenters. The molecule has 0 aromatic heterocycles. The second-order valence-electron chi connectivity index (χ2n) is 10.3. The minimum atomic E-state index is -0.928. The number of carbonyl (C=O) groups excluding carboxylic acids is 3. The summed E-state index contributed by atoms with van der Waals surface area (Å²) in [6, 6.07) is 5.69. The number of carbonyl (C=O) groups is 3. The Kier molecular flexibility index (Phi) is 7.17. The first kappa shape index (κ1) is 24.5. The molecule has 1 heterocycles. The molecule has 4 rings (SSSR count). The number of piperidine rings is 1. The number of esters is 1. The average molecular weight is 473 g/mol. The van der Waals surface area contributed by atoms with Gasteiger partial charge >= 0.3 is 12.1 Å². The predicted molar refractivity (Wildman–Crippen MR) is 125 cm³/mol. The van der Waals surface area contributed by atoms with E-state index in [1.165, 1.54) is 43.7 Å². The van der Waals surface area contributed by atoms with E-state index in [4.69, 9.17) is 14.2 Å². The van der Waals surface area contributed by atoms with E-state index in [0.717, 1.165) is 19.4 Å². The molecule has 3 aliphatic rings. The summed E-state index contributed by atoms with van der Waals surface area (Å²) in [7, 11) is 2.24. The molecule has 1 amide bonds. The number of hydrogen-bond donors (Lipinski definition) is 1. The fourth-order valence-electron chi connectivity index (χ4n) is 6.31. The number of ether oxygens (including phenoxy) is 3.